The molecule has 1 aromatic heterocycles. The summed E-state index contributed by atoms with van der Waals surface area (Å²) in [6.45, 7) is 1.33. The quantitative estimate of drug-likeness (QED) is 0.728. The first-order valence-corrected chi connectivity index (χ1v) is 4.94. The largest absolute Gasteiger partial charge is 0.366 e. The van der Waals surface area contributed by atoms with Crippen molar-refractivity contribution in [2.45, 2.75) is 6.54 Å². The van der Waals surface area contributed by atoms with E-state index >= 15 is 0 Å². The average Bonchev–Trinajstić information content (AvgIpc) is 2.31. The van der Waals surface area contributed by atoms with E-state index in [-0.39, 0.29) is 0 Å². The summed E-state index contributed by atoms with van der Waals surface area (Å²) in [6.07, 6.45) is 3.96. The molecule has 6 heteroatoms. The molecule has 2 rings (SSSR count). The van der Waals surface area contributed by atoms with Crippen molar-refractivity contribution in [3.63, 3.8) is 0 Å². The first-order valence-electron chi connectivity index (χ1n) is 4.15. The van der Waals surface area contributed by atoms with E-state index in [2.05, 4.69) is 26.3 Å². The van der Waals surface area contributed by atoms with Gasteiger partial charge in [-0.3, -0.25) is 4.79 Å². The van der Waals surface area contributed by atoms with E-state index in [9.17, 15) is 4.79 Å². The third-order valence-corrected chi connectivity index (χ3v) is 2.54. The van der Waals surface area contributed by atoms with Gasteiger partial charge in [0.2, 0.25) is 0 Å². The Morgan fingerprint density at radius 2 is 2.43 bits per heavy atom. The highest BCUT2D eigenvalue weighted by molar-refractivity contribution is 9.10. The number of nitrogens with one attached hydrogen (secondary N) is 1. The normalized spacial score (nSPS) is 14.4. The smallest absolute Gasteiger partial charge is 0.255 e. The SMILES string of the molecule is NC(=O)c1c(Br)nn2c1NCC=CC2. The monoisotopic (exact) mass is 256 g/mol. The molecule has 3 N–H and O–H groups in total. The molecule has 0 saturated heterocycles. The molecule has 0 aromatic carbocycles. The van der Waals surface area contributed by atoms with Crippen molar-refractivity contribution in [3.05, 3.63) is 22.3 Å². The number of hydrogen-bond acceptors (Lipinski definition) is 3. The van der Waals surface area contributed by atoms with Crippen LogP contribution in [0.4, 0.5) is 5.82 Å². The predicted molar refractivity (Wildman–Crippen MR) is 56.1 cm³/mol. The van der Waals surface area contributed by atoms with Crippen LogP contribution in [0.2, 0.25) is 0 Å². The van der Waals surface area contributed by atoms with Gasteiger partial charge in [0, 0.05) is 6.54 Å². The molecule has 2 heterocycles. The molecule has 0 saturated carbocycles. The lowest BCUT2D eigenvalue weighted by Gasteiger charge is -2.04. The van der Waals surface area contributed by atoms with Crippen LogP contribution in [0.5, 0.6) is 0 Å². The second-order valence-corrected chi connectivity index (χ2v) is 3.66. The van der Waals surface area contributed by atoms with E-state index in [4.69, 9.17) is 5.73 Å². The highest BCUT2D eigenvalue weighted by Crippen LogP contribution is 2.24. The highest BCUT2D eigenvalue weighted by atomic mass is 79.9. The lowest BCUT2D eigenvalue weighted by atomic mass is 10.3. The minimum absolute atomic E-state index is 0.411. The Kier molecular flexibility index (Phi) is 2.28. The van der Waals surface area contributed by atoms with E-state index in [1.54, 1.807) is 4.68 Å². The van der Waals surface area contributed by atoms with Crippen molar-refractivity contribution in [2.75, 3.05) is 11.9 Å². The molecule has 0 fully saturated rings. The van der Waals surface area contributed by atoms with Gasteiger partial charge < -0.3 is 11.1 Å². The maximum atomic E-state index is 11.1. The van der Waals surface area contributed by atoms with Gasteiger partial charge >= 0.3 is 0 Å². The molecule has 0 atom stereocenters. The van der Waals surface area contributed by atoms with Crippen LogP contribution in [0, 0.1) is 0 Å². The van der Waals surface area contributed by atoms with Crippen molar-refractivity contribution in [1.82, 2.24) is 9.78 Å². The van der Waals surface area contributed by atoms with E-state index in [0.29, 0.717) is 29.1 Å². The Bertz CT molecular complexity index is 410. The fraction of sp³-hybridized carbons (Fsp3) is 0.250. The topological polar surface area (TPSA) is 72.9 Å². The summed E-state index contributed by atoms with van der Waals surface area (Å²) in [6, 6.07) is 0. The Hall–Kier alpha value is -1.30. The number of nitrogens with zero attached hydrogens (tertiary/aromatic N) is 2. The molecule has 1 aliphatic heterocycles. The summed E-state index contributed by atoms with van der Waals surface area (Å²) >= 11 is 3.21. The van der Waals surface area contributed by atoms with Gasteiger partial charge in [-0.15, -0.1) is 0 Å². The van der Waals surface area contributed by atoms with E-state index in [1.165, 1.54) is 0 Å². The van der Waals surface area contributed by atoms with Crippen molar-refractivity contribution < 1.29 is 4.79 Å². The molecule has 0 unspecified atom stereocenters. The van der Waals surface area contributed by atoms with Gasteiger partial charge in [0.25, 0.3) is 5.91 Å². The maximum absolute atomic E-state index is 11.1. The first-order chi connectivity index (χ1) is 6.70. The Morgan fingerprint density at radius 1 is 1.64 bits per heavy atom. The van der Waals surface area contributed by atoms with Gasteiger partial charge in [0.15, 0.2) is 0 Å². The number of amides is 1. The number of halogens is 1. The lowest BCUT2D eigenvalue weighted by Crippen LogP contribution is -2.14. The zero-order valence-corrected chi connectivity index (χ0v) is 8.91. The molecule has 1 aromatic rings. The Labute approximate surface area is 89.1 Å². The van der Waals surface area contributed by atoms with Gasteiger partial charge in [-0.25, -0.2) is 4.68 Å². The Balaban J connectivity index is 2.53. The summed E-state index contributed by atoms with van der Waals surface area (Å²) in [7, 11) is 0. The van der Waals surface area contributed by atoms with Crippen LogP contribution in [0.15, 0.2) is 16.8 Å². The molecule has 1 aliphatic rings. The summed E-state index contributed by atoms with van der Waals surface area (Å²) in [5.41, 5.74) is 5.66. The fourth-order valence-corrected chi connectivity index (χ4v) is 1.95. The number of fused-ring (bicyclic) bond motifs is 1. The molecule has 14 heavy (non-hydrogen) atoms. The number of primary amides is 1. The van der Waals surface area contributed by atoms with Gasteiger partial charge in [-0.05, 0) is 15.9 Å². The summed E-state index contributed by atoms with van der Waals surface area (Å²) in [5, 5.41) is 7.23. The maximum Gasteiger partial charge on any atom is 0.255 e. The van der Waals surface area contributed by atoms with E-state index in [1.807, 2.05) is 12.2 Å². The molecule has 74 valence electrons. The highest BCUT2D eigenvalue weighted by Gasteiger charge is 2.20. The van der Waals surface area contributed by atoms with E-state index in [0.717, 1.165) is 0 Å². The number of aromatic nitrogens is 2. The van der Waals surface area contributed by atoms with Crippen molar-refractivity contribution in [3.8, 4) is 0 Å². The van der Waals surface area contributed by atoms with E-state index < -0.39 is 5.91 Å². The van der Waals surface area contributed by atoms with Gasteiger partial charge in [-0.1, -0.05) is 12.2 Å². The lowest BCUT2D eigenvalue weighted by molar-refractivity contribution is 0.100. The second-order valence-electron chi connectivity index (χ2n) is 2.91. The third kappa shape index (κ3) is 1.41. The van der Waals surface area contributed by atoms with Crippen molar-refractivity contribution >= 4 is 27.7 Å². The molecular formula is C8H9BrN4O. The zero-order valence-electron chi connectivity index (χ0n) is 7.33. The molecule has 0 aliphatic carbocycles. The molecule has 0 spiro atoms. The Morgan fingerprint density at radius 3 is 3.14 bits per heavy atom. The van der Waals surface area contributed by atoms with Gasteiger partial charge in [-0.2, -0.15) is 5.10 Å². The predicted octanol–water partition coefficient (Wildman–Crippen LogP) is 0.726. The van der Waals surface area contributed by atoms with Gasteiger partial charge in [0.1, 0.15) is 16.0 Å². The number of anilines is 1. The first kappa shape index (κ1) is 9.26. The number of carbonyl (C=O) groups excluding carboxylic acids is 1. The molecule has 1 amide bonds. The molecular weight excluding hydrogens is 248 g/mol. The third-order valence-electron chi connectivity index (χ3n) is 1.99. The summed E-state index contributed by atoms with van der Waals surface area (Å²) < 4.78 is 2.19. The molecule has 0 bridgehead atoms. The minimum Gasteiger partial charge on any atom is -0.366 e. The summed E-state index contributed by atoms with van der Waals surface area (Å²) in [4.78, 5) is 11.1. The van der Waals surface area contributed by atoms with Crippen molar-refractivity contribution in [1.29, 1.82) is 0 Å². The van der Waals surface area contributed by atoms with Crippen LogP contribution in [0.1, 0.15) is 10.4 Å². The fourth-order valence-electron chi connectivity index (χ4n) is 1.38. The zero-order chi connectivity index (χ0) is 10.1. The van der Waals surface area contributed by atoms with Gasteiger partial charge in [0.05, 0.1) is 6.54 Å². The number of rotatable bonds is 1. The molecule has 0 radical (unpaired) electrons. The number of allylic oxidation sites excluding steroid dienone is 1. The van der Waals surface area contributed by atoms with Crippen LogP contribution in [-0.4, -0.2) is 22.2 Å². The van der Waals surface area contributed by atoms with Crippen LogP contribution >= 0.6 is 15.9 Å². The number of nitrogens with two attached hydrogens (primary N) is 1. The summed E-state index contributed by atoms with van der Waals surface area (Å²) in [5.74, 6) is 0.196. The van der Waals surface area contributed by atoms with Crippen LogP contribution in [-0.2, 0) is 6.54 Å². The second kappa shape index (κ2) is 3.45. The van der Waals surface area contributed by atoms with Crippen LogP contribution in [0.25, 0.3) is 0 Å². The number of hydrogen-bond donors (Lipinski definition) is 2. The average molecular weight is 257 g/mol. The number of carbonyl (C=O) groups is 1. The van der Waals surface area contributed by atoms with Crippen LogP contribution < -0.4 is 11.1 Å². The minimum atomic E-state index is -0.479. The standard InChI is InChI=1S/C8H9BrN4O/c9-6-5(7(10)14)8-11-3-1-2-4-13(8)12-6/h1-2,11H,3-4H2,(H2,10,14). The van der Waals surface area contributed by atoms with Crippen LogP contribution in [0.3, 0.4) is 0 Å². The van der Waals surface area contributed by atoms with Crippen molar-refractivity contribution in [2.24, 2.45) is 5.73 Å². The molecule has 5 nitrogen and oxygen atoms in total.